The molecule has 22 heavy (non-hydrogen) atoms. The van der Waals surface area contributed by atoms with E-state index in [9.17, 15) is 0 Å². The first kappa shape index (κ1) is 20.0. The number of hydrogen-bond donors (Lipinski definition) is 2. The van der Waals surface area contributed by atoms with Gasteiger partial charge in [0.1, 0.15) is 0 Å². The molecular weight excluding hydrogens is 389 g/mol. The Morgan fingerprint density at radius 1 is 1.14 bits per heavy atom. The highest BCUT2D eigenvalue weighted by atomic mass is 127. The molecule has 2 aliphatic rings. The summed E-state index contributed by atoms with van der Waals surface area (Å²) in [6.07, 6.45) is 4.03. The Hall–Kier alpha value is -0.0800. The highest BCUT2D eigenvalue weighted by Gasteiger charge is 2.30. The normalized spacial score (nSPS) is 23.7. The Kier molecular flexibility index (Phi) is 8.42. The first-order valence-electron chi connectivity index (χ1n) is 8.44. The SMILES string of the molecule is CN=C(NCCNC(C)(C)C)N1CCC(N2CCCC2)C1.I. The second-order valence-electron chi connectivity index (χ2n) is 7.28. The van der Waals surface area contributed by atoms with Crippen molar-refractivity contribution in [3.8, 4) is 0 Å². The number of nitrogens with one attached hydrogen (secondary N) is 2. The van der Waals surface area contributed by atoms with Crippen LogP contribution >= 0.6 is 24.0 Å². The standard InChI is InChI=1S/C16H33N5.HI/c1-16(2,3)19-9-8-18-15(17-4)21-12-7-14(13-21)20-10-5-6-11-20;/h14,19H,5-13H2,1-4H3,(H,17,18);1H. The molecule has 2 heterocycles. The van der Waals surface area contributed by atoms with Gasteiger partial charge in [0.05, 0.1) is 0 Å². The minimum Gasteiger partial charge on any atom is -0.355 e. The number of halogens is 1. The van der Waals surface area contributed by atoms with E-state index in [1.165, 1.54) is 32.4 Å². The van der Waals surface area contributed by atoms with Crippen molar-refractivity contribution in [2.45, 2.75) is 51.6 Å². The van der Waals surface area contributed by atoms with Gasteiger partial charge in [-0.05, 0) is 53.1 Å². The van der Waals surface area contributed by atoms with E-state index in [-0.39, 0.29) is 29.5 Å². The van der Waals surface area contributed by atoms with Gasteiger partial charge in [-0.15, -0.1) is 24.0 Å². The van der Waals surface area contributed by atoms with E-state index >= 15 is 0 Å². The maximum Gasteiger partial charge on any atom is 0.193 e. The second-order valence-corrected chi connectivity index (χ2v) is 7.28. The predicted octanol–water partition coefficient (Wildman–Crippen LogP) is 1.74. The van der Waals surface area contributed by atoms with Gasteiger partial charge in [-0.2, -0.15) is 0 Å². The van der Waals surface area contributed by atoms with E-state index in [4.69, 9.17) is 0 Å². The van der Waals surface area contributed by atoms with Crippen LogP contribution in [-0.4, -0.2) is 73.7 Å². The van der Waals surface area contributed by atoms with E-state index in [0.717, 1.165) is 38.2 Å². The molecule has 130 valence electrons. The largest absolute Gasteiger partial charge is 0.355 e. The minimum atomic E-state index is 0. The third-order valence-electron chi connectivity index (χ3n) is 4.40. The summed E-state index contributed by atoms with van der Waals surface area (Å²) in [5, 5.41) is 6.99. The molecule has 1 unspecified atom stereocenters. The molecule has 0 aromatic rings. The van der Waals surface area contributed by atoms with Crippen molar-refractivity contribution in [2.75, 3.05) is 46.3 Å². The summed E-state index contributed by atoms with van der Waals surface area (Å²) in [5.41, 5.74) is 0.180. The molecule has 0 aliphatic carbocycles. The Balaban J connectivity index is 0.00000242. The smallest absolute Gasteiger partial charge is 0.193 e. The van der Waals surface area contributed by atoms with Crippen molar-refractivity contribution in [1.29, 1.82) is 0 Å². The lowest BCUT2D eigenvalue weighted by molar-refractivity contribution is 0.249. The van der Waals surface area contributed by atoms with Crippen LogP contribution in [0.1, 0.15) is 40.0 Å². The summed E-state index contributed by atoms with van der Waals surface area (Å²) in [4.78, 5) is 9.53. The summed E-state index contributed by atoms with van der Waals surface area (Å²) < 4.78 is 0. The Morgan fingerprint density at radius 3 is 2.41 bits per heavy atom. The fourth-order valence-corrected chi connectivity index (χ4v) is 3.28. The number of guanidine groups is 1. The van der Waals surface area contributed by atoms with E-state index < -0.39 is 0 Å². The van der Waals surface area contributed by atoms with Crippen LogP contribution in [-0.2, 0) is 0 Å². The quantitative estimate of drug-likeness (QED) is 0.313. The first-order valence-corrected chi connectivity index (χ1v) is 8.44. The molecule has 0 bridgehead atoms. The van der Waals surface area contributed by atoms with Crippen LogP contribution in [0.15, 0.2) is 4.99 Å². The van der Waals surface area contributed by atoms with Crippen LogP contribution in [0, 0.1) is 0 Å². The van der Waals surface area contributed by atoms with Crippen LogP contribution in [0.25, 0.3) is 0 Å². The Morgan fingerprint density at radius 2 is 1.82 bits per heavy atom. The van der Waals surface area contributed by atoms with Crippen LogP contribution in [0.5, 0.6) is 0 Å². The van der Waals surface area contributed by atoms with Gasteiger partial charge in [0, 0.05) is 44.8 Å². The summed E-state index contributed by atoms with van der Waals surface area (Å²) in [7, 11) is 1.89. The van der Waals surface area contributed by atoms with E-state index in [1.54, 1.807) is 0 Å². The lowest BCUT2D eigenvalue weighted by atomic mass is 10.1. The summed E-state index contributed by atoms with van der Waals surface area (Å²) in [5.74, 6) is 1.06. The first-order chi connectivity index (χ1) is 9.99. The topological polar surface area (TPSA) is 42.9 Å². The van der Waals surface area contributed by atoms with Gasteiger partial charge < -0.3 is 15.5 Å². The van der Waals surface area contributed by atoms with Gasteiger partial charge in [-0.1, -0.05) is 0 Å². The lowest BCUT2D eigenvalue weighted by Crippen LogP contribution is -2.46. The molecule has 2 rings (SSSR count). The maximum atomic E-state index is 4.45. The Bertz CT molecular complexity index is 347. The molecule has 2 fully saturated rings. The summed E-state index contributed by atoms with van der Waals surface area (Å²) >= 11 is 0. The van der Waals surface area contributed by atoms with Gasteiger partial charge >= 0.3 is 0 Å². The summed E-state index contributed by atoms with van der Waals surface area (Å²) in [6, 6.07) is 0.735. The molecule has 1 atom stereocenters. The molecule has 2 N–H and O–H groups in total. The molecule has 0 aromatic carbocycles. The number of likely N-dealkylation sites (tertiary alicyclic amines) is 2. The molecule has 2 saturated heterocycles. The highest BCUT2D eigenvalue weighted by Crippen LogP contribution is 2.20. The molecule has 0 radical (unpaired) electrons. The lowest BCUT2D eigenvalue weighted by Gasteiger charge is -2.26. The molecule has 6 heteroatoms. The number of nitrogens with zero attached hydrogens (tertiary/aromatic N) is 3. The van der Waals surface area contributed by atoms with Crippen LogP contribution < -0.4 is 10.6 Å². The number of rotatable bonds is 4. The molecule has 0 amide bonds. The molecule has 5 nitrogen and oxygen atoms in total. The van der Waals surface area contributed by atoms with Gasteiger partial charge in [-0.25, -0.2) is 0 Å². The van der Waals surface area contributed by atoms with Crippen molar-refractivity contribution in [3.05, 3.63) is 0 Å². The molecule has 0 spiro atoms. The average Bonchev–Trinajstić information content (AvgIpc) is 3.08. The highest BCUT2D eigenvalue weighted by molar-refractivity contribution is 14.0. The van der Waals surface area contributed by atoms with Gasteiger partial charge in [0.15, 0.2) is 5.96 Å². The van der Waals surface area contributed by atoms with Crippen molar-refractivity contribution in [1.82, 2.24) is 20.4 Å². The predicted molar refractivity (Wildman–Crippen MR) is 105 cm³/mol. The zero-order chi connectivity index (χ0) is 15.3. The van der Waals surface area contributed by atoms with Crippen molar-refractivity contribution < 1.29 is 0 Å². The Labute approximate surface area is 153 Å². The van der Waals surface area contributed by atoms with Crippen LogP contribution in [0.4, 0.5) is 0 Å². The fraction of sp³-hybridized carbons (Fsp3) is 0.938. The van der Waals surface area contributed by atoms with Gasteiger partial charge in [-0.3, -0.25) is 9.89 Å². The molecule has 0 aromatic heterocycles. The van der Waals surface area contributed by atoms with Crippen LogP contribution in [0.2, 0.25) is 0 Å². The van der Waals surface area contributed by atoms with Crippen molar-refractivity contribution in [2.24, 2.45) is 4.99 Å². The summed E-state index contributed by atoms with van der Waals surface area (Å²) in [6.45, 7) is 13.3. The second kappa shape index (κ2) is 9.27. The number of aliphatic imine (C=N–C) groups is 1. The average molecular weight is 423 g/mol. The van der Waals surface area contributed by atoms with Gasteiger partial charge in [0.25, 0.3) is 0 Å². The van der Waals surface area contributed by atoms with Crippen molar-refractivity contribution >= 4 is 29.9 Å². The third kappa shape index (κ3) is 6.20. The van der Waals surface area contributed by atoms with E-state index in [1.807, 2.05) is 7.05 Å². The fourth-order valence-electron chi connectivity index (χ4n) is 3.28. The van der Waals surface area contributed by atoms with E-state index in [2.05, 4.69) is 46.2 Å². The van der Waals surface area contributed by atoms with E-state index in [0.29, 0.717) is 0 Å². The van der Waals surface area contributed by atoms with Crippen molar-refractivity contribution in [3.63, 3.8) is 0 Å². The zero-order valence-electron chi connectivity index (χ0n) is 14.7. The maximum absolute atomic E-state index is 4.45. The number of hydrogen-bond acceptors (Lipinski definition) is 3. The minimum absolute atomic E-state index is 0. The third-order valence-corrected chi connectivity index (χ3v) is 4.40. The molecular formula is C16H34IN5. The monoisotopic (exact) mass is 423 g/mol. The molecule has 2 aliphatic heterocycles. The molecule has 0 saturated carbocycles. The van der Waals surface area contributed by atoms with Crippen LogP contribution in [0.3, 0.4) is 0 Å². The van der Waals surface area contributed by atoms with Gasteiger partial charge in [0.2, 0.25) is 0 Å². The zero-order valence-corrected chi connectivity index (χ0v) is 17.0.